The van der Waals surface area contributed by atoms with Crippen molar-refractivity contribution in [3.05, 3.63) is 59.1 Å². The first-order valence-electron chi connectivity index (χ1n) is 4.56. The minimum atomic E-state index is 0.269. The van der Waals surface area contributed by atoms with Crippen LogP contribution in [0.15, 0.2) is 42.6 Å². The molecule has 0 saturated heterocycles. The van der Waals surface area contributed by atoms with Gasteiger partial charge < -0.3 is 0 Å². The molecule has 0 fully saturated rings. The summed E-state index contributed by atoms with van der Waals surface area (Å²) < 4.78 is 0. The summed E-state index contributed by atoms with van der Waals surface area (Å²) in [5, 5.41) is 0.269. The van der Waals surface area contributed by atoms with Crippen molar-refractivity contribution in [1.29, 1.82) is 0 Å². The molecule has 0 saturated carbocycles. The van der Waals surface area contributed by atoms with Crippen LogP contribution in [-0.4, -0.2) is 9.97 Å². The Bertz CT molecular complexity index is 466. The van der Waals surface area contributed by atoms with Crippen molar-refractivity contribution in [2.24, 2.45) is 0 Å². The van der Waals surface area contributed by atoms with Crippen molar-refractivity contribution in [3.63, 3.8) is 0 Å². The molecule has 0 atom stereocenters. The maximum atomic E-state index is 5.67. The van der Waals surface area contributed by atoms with Crippen LogP contribution in [0.3, 0.4) is 0 Å². The van der Waals surface area contributed by atoms with Gasteiger partial charge in [0, 0.05) is 6.20 Å². The largest absolute Gasteiger partial charge is 0.226 e. The van der Waals surface area contributed by atoms with Crippen LogP contribution in [0.5, 0.6) is 0 Å². The van der Waals surface area contributed by atoms with Crippen molar-refractivity contribution in [3.8, 4) is 0 Å². The molecule has 0 amide bonds. The number of rotatable bonds is 2. The molecular weight excluding hydrogens is 208 g/mol. The summed E-state index contributed by atoms with van der Waals surface area (Å²) in [6, 6.07) is 11.8. The quantitative estimate of drug-likeness (QED) is 0.720. The van der Waals surface area contributed by atoms with Gasteiger partial charge in [0.1, 0.15) is 0 Å². The summed E-state index contributed by atoms with van der Waals surface area (Å²) in [7, 11) is 0. The van der Waals surface area contributed by atoms with Gasteiger partial charge in [-0.25, -0.2) is 9.97 Å². The van der Waals surface area contributed by atoms with E-state index in [-0.39, 0.29) is 5.28 Å². The Hall–Kier alpha value is -1.67. The summed E-state index contributed by atoms with van der Waals surface area (Å²) in [5.74, 6) is 0. The third-order valence-electron chi connectivity index (χ3n) is 1.89. The second-order valence-corrected chi connectivity index (χ2v) is 3.33. The van der Waals surface area contributed by atoms with Gasteiger partial charge in [-0.1, -0.05) is 36.4 Å². The molecule has 2 rings (SSSR count). The Kier molecular flexibility index (Phi) is 3.10. The molecule has 0 aliphatic heterocycles. The SMILES string of the molecule is Clc1nccc(/C=C/c2ccccc2)n1. The van der Waals surface area contributed by atoms with Crippen LogP contribution in [0, 0.1) is 0 Å². The molecule has 2 aromatic rings. The van der Waals surface area contributed by atoms with Gasteiger partial charge >= 0.3 is 0 Å². The molecule has 2 nitrogen and oxygen atoms in total. The standard InChI is InChI=1S/C12H9ClN2/c13-12-14-9-8-11(15-12)7-6-10-4-2-1-3-5-10/h1-9H/b7-6+. The molecule has 0 unspecified atom stereocenters. The molecule has 0 N–H and O–H groups in total. The smallest absolute Gasteiger partial charge is 0.222 e. The fourth-order valence-electron chi connectivity index (χ4n) is 1.19. The maximum absolute atomic E-state index is 5.67. The number of benzene rings is 1. The Morgan fingerprint density at radius 2 is 1.80 bits per heavy atom. The van der Waals surface area contributed by atoms with Crippen LogP contribution in [-0.2, 0) is 0 Å². The number of halogens is 1. The predicted molar refractivity (Wildman–Crippen MR) is 62.4 cm³/mol. The lowest BCUT2D eigenvalue weighted by Gasteiger charge is -1.93. The molecule has 1 aromatic carbocycles. The summed E-state index contributed by atoms with van der Waals surface area (Å²) in [6.45, 7) is 0. The lowest BCUT2D eigenvalue weighted by molar-refractivity contribution is 1.15. The van der Waals surface area contributed by atoms with E-state index in [0.29, 0.717) is 0 Å². The van der Waals surface area contributed by atoms with Gasteiger partial charge in [0.2, 0.25) is 5.28 Å². The van der Waals surface area contributed by atoms with E-state index in [0.717, 1.165) is 11.3 Å². The molecule has 0 radical (unpaired) electrons. The number of hydrogen-bond acceptors (Lipinski definition) is 2. The highest BCUT2D eigenvalue weighted by atomic mass is 35.5. The molecule has 1 heterocycles. The third kappa shape index (κ3) is 2.89. The van der Waals surface area contributed by atoms with Gasteiger partial charge in [-0.15, -0.1) is 0 Å². The Labute approximate surface area is 93.3 Å². The second kappa shape index (κ2) is 4.71. The Balaban J connectivity index is 2.19. The number of nitrogens with zero attached hydrogens (tertiary/aromatic N) is 2. The van der Waals surface area contributed by atoms with Crippen LogP contribution in [0.1, 0.15) is 11.3 Å². The summed E-state index contributed by atoms with van der Waals surface area (Å²) >= 11 is 5.67. The van der Waals surface area contributed by atoms with Crippen molar-refractivity contribution in [2.75, 3.05) is 0 Å². The fourth-order valence-corrected chi connectivity index (χ4v) is 1.34. The van der Waals surface area contributed by atoms with Crippen LogP contribution in [0.2, 0.25) is 5.28 Å². The highest BCUT2D eigenvalue weighted by Gasteiger charge is 1.91. The lowest BCUT2D eigenvalue weighted by Crippen LogP contribution is -1.83. The van der Waals surface area contributed by atoms with Crippen molar-refractivity contribution < 1.29 is 0 Å². The molecule has 74 valence electrons. The van der Waals surface area contributed by atoms with Crippen molar-refractivity contribution >= 4 is 23.8 Å². The van der Waals surface area contributed by atoms with Crippen molar-refractivity contribution in [1.82, 2.24) is 9.97 Å². The van der Waals surface area contributed by atoms with Crippen LogP contribution >= 0.6 is 11.6 Å². The molecular formula is C12H9ClN2. The topological polar surface area (TPSA) is 25.8 Å². The van der Waals surface area contributed by atoms with E-state index < -0.39 is 0 Å². The molecule has 15 heavy (non-hydrogen) atoms. The van der Waals surface area contributed by atoms with Gasteiger partial charge in [0.25, 0.3) is 0 Å². The van der Waals surface area contributed by atoms with Crippen molar-refractivity contribution in [2.45, 2.75) is 0 Å². The minimum absolute atomic E-state index is 0.269. The zero-order valence-corrected chi connectivity index (χ0v) is 8.72. The number of hydrogen-bond donors (Lipinski definition) is 0. The number of aromatic nitrogens is 2. The van der Waals surface area contributed by atoms with Gasteiger partial charge in [-0.05, 0) is 29.3 Å². The van der Waals surface area contributed by atoms with Crippen LogP contribution in [0.4, 0.5) is 0 Å². The first-order valence-corrected chi connectivity index (χ1v) is 4.94. The Morgan fingerprint density at radius 3 is 2.53 bits per heavy atom. The highest BCUT2D eigenvalue weighted by molar-refractivity contribution is 6.28. The molecule has 1 aromatic heterocycles. The van der Waals surface area contributed by atoms with Gasteiger partial charge in [-0.2, -0.15) is 0 Å². The second-order valence-electron chi connectivity index (χ2n) is 2.99. The first-order chi connectivity index (χ1) is 7.34. The maximum Gasteiger partial charge on any atom is 0.222 e. The van der Waals surface area contributed by atoms with E-state index in [4.69, 9.17) is 11.6 Å². The van der Waals surface area contributed by atoms with E-state index in [1.54, 1.807) is 6.20 Å². The average Bonchev–Trinajstić information content (AvgIpc) is 2.28. The summed E-state index contributed by atoms with van der Waals surface area (Å²) in [4.78, 5) is 7.87. The van der Waals surface area contributed by atoms with Gasteiger partial charge in [0.05, 0.1) is 5.69 Å². The normalized spacial score (nSPS) is 10.7. The monoisotopic (exact) mass is 216 g/mol. The minimum Gasteiger partial charge on any atom is -0.226 e. The van der Waals surface area contributed by atoms with Crippen LogP contribution < -0.4 is 0 Å². The van der Waals surface area contributed by atoms with E-state index >= 15 is 0 Å². The first kappa shape index (κ1) is 9.87. The fraction of sp³-hybridized carbons (Fsp3) is 0. The van der Waals surface area contributed by atoms with E-state index in [1.165, 1.54) is 0 Å². The third-order valence-corrected chi connectivity index (χ3v) is 2.08. The molecule has 0 bridgehead atoms. The van der Waals surface area contributed by atoms with Gasteiger partial charge in [0.15, 0.2) is 0 Å². The molecule has 3 heteroatoms. The average molecular weight is 217 g/mol. The van der Waals surface area contributed by atoms with E-state index in [9.17, 15) is 0 Å². The zero-order valence-electron chi connectivity index (χ0n) is 7.97. The van der Waals surface area contributed by atoms with E-state index in [2.05, 4.69) is 9.97 Å². The summed E-state index contributed by atoms with van der Waals surface area (Å²) in [5.41, 5.74) is 1.94. The van der Waals surface area contributed by atoms with Crippen LogP contribution in [0.25, 0.3) is 12.2 Å². The molecule has 0 aliphatic rings. The highest BCUT2D eigenvalue weighted by Crippen LogP contribution is 2.07. The van der Waals surface area contributed by atoms with Gasteiger partial charge in [-0.3, -0.25) is 0 Å². The summed E-state index contributed by atoms with van der Waals surface area (Å²) in [6.07, 6.45) is 5.53. The predicted octanol–water partition coefficient (Wildman–Crippen LogP) is 3.30. The zero-order chi connectivity index (χ0) is 10.5. The Morgan fingerprint density at radius 1 is 1.00 bits per heavy atom. The molecule has 0 spiro atoms. The lowest BCUT2D eigenvalue weighted by atomic mass is 10.2. The van der Waals surface area contributed by atoms with E-state index in [1.807, 2.05) is 48.6 Å². The molecule has 0 aliphatic carbocycles.